The summed E-state index contributed by atoms with van der Waals surface area (Å²) in [7, 11) is 0. The maximum atomic E-state index is 4.81. The number of hydrogen-bond acceptors (Lipinski definition) is 3. The molecule has 0 spiro atoms. The molecule has 1 aliphatic heterocycles. The van der Waals surface area contributed by atoms with Crippen LogP contribution in [-0.2, 0) is 19.5 Å². The van der Waals surface area contributed by atoms with E-state index in [1.165, 1.54) is 22.5 Å². The largest absolute Gasteiger partial charge is 0.312 e. The summed E-state index contributed by atoms with van der Waals surface area (Å²) in [6.07, 6.45) is 1.10. The molecule has 1 aliphatic rings. The topological polar surface area (TPSA) is 28.2 Å². The van der Waals surface area contributed by atoms with E-state index in [4.69, 9.17) is 4.98 Å². The highest BCUT2D eigenvalue weighted by molar-refractivity contribution is 5.31. The van der Waals surface area contributed by atoms with Crippen LogP contribution in [-0.4, -0.2) is 29.5 Å². The summed E-state index contributed by atoms with van der Waals surface area (Å²) in [5.74, 6) is 0.696. The maximum Gasteiger partial charge on any atom is 0.0464 e. The number of aromatic nitrogens is 1. The lowest BCUT2D eigenvalue weighted by Crippen LogP contribution is -2.31. The molecule has 0 saturated heterocycles. The van der Waals surface area contributed by atoms with Crippen molar-refractivity contribution in [3.05, 3.63) is 28.6 Å². The zero-order valence-corrected chi connectivity index (χ0v) is 12.8. The summed E-state index contributed by atoms with van der Waals surface area (Å²) < 4.78 is 0. The van der Waals surface area contributed by atoms with Gasteiger partial charge in [-0.2, -0.15) is 0 Å². The lowest BCUT2D eigenvalue weighted by atomic mass is 10.0. The molecule has 0 atom stereocenters. The molecule has 1 N–H and O–H groups in total. The molecule has 1 aromatic heterocycles. The molecule has 0 amide bonds. The fraction of sp³-hybridized carbons (Fsp3) is 0.688. The van der Waals surface area contributed by atoms with Crippen LogP contribution >= 0.6 is 0 Å². The molecule has 0 aliphatic carbocycles. The molecule has 0 unspecified atom stereocenters. The average molecular weight is 261 g/mol. The Labute approximate surface area is 117 Å². The van der Waals surface area contributed by atoms with Gasteiger partial charge >= 0.3 is 0 Å². The van der Waals surface area contributed by atoms with E-state index in [0.29, 0.717) is 5.92 Å². The van der Waals surface area contributed by atoms with Crippen molar-refractivity contribution in [1.29, 1.82) is 0 Å². The minimum Gasteiger partial charge on any atom is -0.312 e. The van der Waals surface area contributed by atoms with E-state index >= 15 is 0 Å². The van der Waals surface area contributed by atoms with Gasteiger partial charge < -0.3 is 5.32 Å². The highest BCUT2D eigenvalue weighted by Crippen LogP contribution is 2.20. The third kappa shape index (κ3) is 3.77. The molecular formula is C16H27N3. The number of hydrogen-bond donors (Lipinski definition) is 1. The quantitative estimate of drug-likeness (QED) is 0.883. The summed E-state index contributed by atoms with van der Waals surface area (Å²) in [5.41, 5.74) is 5.30. The van der Waals surface area contributed by atoms with E-state index in [1.807, 2.05) is 0 Å². The third-order valence-electron chi connectivity index (χ3n) is 3.86. The van der Waals surface area contributed by atoms with E-state index < -0.39 is 0 Å². The third-order valence-corrected chi connectivity index (χ3v) is 3.86. The van der Waals surface area contributed by atoms with Crippen LogP contribution in [0.2, 0.25) is 0 Å². The highest BCUT2D eigenvalue weighted by atomic mass is 15.1. The van der Waals surface area contributed by atoms with Crippen LogP contribution in [0.3, 0.4) is 0 Å². The van der Waals surface area contributed by atoms with Gasteiger partial charge in [-0.3, -0.25) is 9.88 Å². The Morgan fingerprint density at radius 3 is 2.89 bits per heavy atom. The van der Waals surface area contributed by atoms with E-state index in [2.05, 4.69) is 44.0 Å². The van der Waals surface area contributed by atoms with Gasteiger partial charge in [-0.05, 0) is 43.1 Å². The van der Waals surface area contributed by atoms with Crippen LogP contribution in [0.1, 0.15) is 43.3 Å². The van der Waals surface area contributed by atoms with Crippen LogP contribution in [0.25, 0.3) is 0 Å². The van der Waals surface area contributed by atoms with E-state index in [-0.39, 0.29) is 0 Å². The van der Waals surface area contributed by atoms with Gasteiger partial charge in [0.2, 0.25) is 0 Å². The second-order valence-corrected chi connectivity index (χ2v) is 5.98. The van der Waals surface area contributed by atoms with Crippen LogP contribution < -0.4 is 5.32 Å². The molecule has 0 radical (unpaired) electrons. The normalized spacial score (nSPS) is 15.8. The number of pyridine rings is 1. The smallest absolute Gasteiger partial charge is 0.0464 e. The number of nitrogens with one attached hydrogen (secondary N) is 1. The van der Waals surface area contributed by atoms with Crippen molar-refractivity contribution in [1.82, 2.24) is 15.2 Å². The predicted octanol–water partition coefficient (Wildman–Crippen LogP) is 2.51. The molecule has 3 heteroatoms. The monoisotopic (exact) mass is 261 g/mol. The molecule has 19 heavy (non-hydrogen) atoms. The Hall–Kier alpha value is -0.930. The van der Waals surface area contributed by atoms with Crippen LogP contribution in [0, 0.1) is 12.8 Å². The Balaban J connectivity index is 2.08. The van der Waals surface area contributed by atoms with Crippen molar-refractivity contribution in [3.63, 3.8) is 0 Å². The van der Waals surface area contributed by atoms with Gasteiger partial charge in [0.1, 0.15) is 0 Å². The Kier molecular flexibility index (Phi) is 4.94. The predicted molar refractivity (Wildman–Crippen MR) is 80.2 cm³/mol. The first-order chi connectivity index (χ1) is 9.10. The fourth-order valence-corrected chi connectivity index (χ4v) is 2.63. The van der Waals surface area contributed by atoms with Gasteiger partial charge in [-0.15, -0.1) is 0 Å². The van der Waals surface area contributed by atoms with E-state index in [0.717, 1.165) is 39.1 Å². The van der Waals surface area contributed by atoms with Crippen LogP contribution in [0.15, 0.2) is 6.07 Å². The SMILES string of the molecule is CCN1CCc2nc(C)c(CNCC(C)C)cc2C1. The van der Waals surface area contributed by atoms with Crippen molar-refractivity contribution in [2.75, 3.05) is 19.6 Å². The number of aryl methyl sites for hydroxylation is 1. The second kappa shape index (κ2) is 6.49. The maximum absolute atomic E-state index is 4.81. The minimum atomic E-state index is 0.696. The van der Waals surface area contributed by atoms with E-state index in [9.17, 15) is 0 Å². The highest BCUT2D eigenvalue weighted by Gasteiger charge is 2.17. The van der Waals surface area contributed by atoms with Gasteiger partial charge in [-0.1, -0.05) is 20.8 Å². The first-order valence-electron chi connectivity index (χ1n) is 7.51. The van der Waals surface area contributed by atoms with Gasteiger partial charge in [0.15, 0.2) is 0 Å². The van der Waals surface area contributed by atoms with E-state index in [1.54, 1.807) is 0 Å². The lowest BCUT2D eigenvalue weighted by Gasteiger charge is -2.27. The molecule has 0 aromatic carbocycles. The molecule has 2 rings (SSSR count). The van der Waals surface area contributed by atoms with Crippen LogP contribution in [0.5, 0.6) is 0 Å². The zero-order valence-electron chi connectivity index (χ0n) is 12.8. The van der Waals surface area contributed by atoms with Gasteiger partial charge in [0, 0.05) is 37.4 Å². The zero-order chi connectivity index (χ0) is 13.8. The average Bonchev–Trinajstić information content (AvgIpc) is 2.38. The lowest BCUT2D eigenvalue weighted by molar-refractivity contribution is 0.265. The van der Waals surface area contributed by atoms with Gasteiger partial charge in [0.05, 0.1) is 0 Å². The minimum absolute atomic E-state index is 0.696. The summed E-state index contributed by atoms with van der Waals surface area (Å²) in [6.45, 7) is 14.2. The Bertz CT molecular complexity index is 426. The van der Waals surface area contributed by atoms with Crippen molar-refractivity contribution < 1.29 is 0 Å². The molecule has 1 aromatic rings. The Morgan fingerprint density at radius 1 is 1.42 bits per heavy atom. The molecular weight excluding hydrogens is 234 g/mol. The van der Waals surface area contributed by atoms with Crippen molar-refractivity contribution >= 4 is 0 Å². The fourth-order valence-electron chi connectivity index (χ4n) is 2.63. The van der Waals surface area contributed by atoms with Crippen molar-refractivity contribution in [2.24, 2.45) is 5.92 Å². The van der Waals surface area contributed by atoms with Crippen LogP contribution in [0.4, 0.5) is 0 Å². The number of likely N-dealkylation sites (N-methyl/N-ethyl adjacent to an activating group) is 1. The van der Waals surface area contributed by atoms with Crippen molar-refractivity contribution in [3.8, 4) is 0 Å². The first kappa shape index (κ1) is 14.5. The summed E-state index contributed by atoms with van der Waals surface area (Å²) in [5, 5.41) is 3.52. The summed E-state index contributed by atoms with van der Waals surface area (Å²) in [6, 6.07) is 2.37. The number of fused-ring (bicyclic) bond motifs is 1. The van der Waals surface area contributed by atoms with Crippen molar-refractivity contribution in [2.45, 2.75) is 47.2 Å². The second-order valence-electron chi connectivity index (χ2n) is 5.98. The first-order valence-corrected chi connectivity index (χ1v) is 7.51. The summed E-state index contributed by atoms with van der Waals surface area (Å²) >= 11 is 0. The van der Waals surface area contributed by atoms with Gasteiger partial charge in [-0.25, -0.2) is 0 Å². The molecule has 106 valence electrons. The molecule has 2 heterocycles. The number of rotatable bonds is 5. The molecule has 0 bridgehead atoms. The summed E-state index contributed by atoms with van der Waals surface area (Å²) in [4.78, 5) is 7.30. The molecule has 0 saturated carbocycles. The Morgan fingerprint density at radius 2 is 2.21 bits per heavy atom. The standard InChI is InChI=1S/C16H27N3/c1-5-19-7-6-16-15(11-19)8-14(13(4)18-16)10-17-9-12(2)3/h8,12,17H,5-7,9-11H2,1-4H3. The number of nitrogens with zero attached hydrogens (tertiary/aromatic N) is 2. The van der Waals surface area contributed by atoms with Gasteiger partial charge in [0.25, 0.3) is 0 Å². The molecule has 3 nitrogen and oxygen atoms in total. The molecule has 0 fully saturated rings.